The number of benzene rings is 2. The molecule has 0 radical (unpaired) electrons. The maximum absolute atomic E-state index is 13.5. The molecule has 186 valence electrons. The lowest BCUT2D eigenvalue weighted by atomic mass is 9.95. The number of imidazole rings is 2. The quantitative estimate of drug-likeness (QED) is 0.323. The van der Waals surface area contributed by atoms with Crippen LogP contribution >= 0.6 is 0 Å². The van der Waals surface area contributed by atoms with Crippen LogP contribution in [-0.4, -0.2) is 47.6 Å². The van der Waals surface area contributed by atoms with Gasteiger partial charge < -0.3 is 18.6 Å². The van der Waals surface area contributed by atoms with Gasteiger partial charge in [0.05, 0.1) is 17.8 Å². The van der Waals surface area contributed by atoms with E-state index in [0.29, 0.717) is 12.5 Å². The molecule has 3 aromatic heterocycles. The minimum absolute atomic E-state index is 0.0917. The van der Waals surface area contributed by atoms with Gasteiger partial charge >= 0.3 is 0 Å². The first-order chi connectivity index (χ1) is 18.3. The molecule has 0 saturated carbocycles. The van der Waals surface area contributed by atoms with E-state index in [1.807, 2.05) is 89.1 Å². The van der Waals surface area contributed by atoms with Crippen molar-refractivity contribution in [1.29, 1.82) is 0 Å². The largest absolute Gasteiger partial charge is 0.339 e. The highest BCUT2D eigenvalue weighted by atomic mass is 16.2. The Morgan fingerprint density at radius 2 is 1.46 bits per heavy atom. The third-order valence-electron chi connectivity index (χ3n) is 7.22. The summed E-state index contributed by atoms with van der Waals surface area (Å²) in [5.74, 6) is 2.50. The molecule has 1 fully saturated rings. The van der Waals surface area contributed by atoms with Crippen LogP contribution in [-0.2, 0) is 13.1 Å². The molecule has 37 heavy (non-hydrogen) atoms. The van der Waals surface area contributed by atoms with Gasteiger partial charge in [-0.15, -0.1) is 0 Å². The molecular formula is C30H30N6O. The molecule has 6 rings (SSSR count). The summed E-state index contributed by atoms with van der Waals surface area (Å²) in [5, 5.41) is 0. The third kappa shape index (κ3) is 4.85. The Labute approximate surface area is 216 Å². The van der Waals surface area contributed by atoms with Crippen molar-refractivity contribution in [2.24, 2.45) is 0 Å². The van der Waals surface area contributed by atoms with E-state index in [1.54, 1.807) is 0 Å². The van der Waals surface area contributed by atoms with Crippen molar-refractivity contribution in [3.63, 3.8) is 0 Å². The van der Waals surface area contributed by atoms with Crippen molar-refractivity contribution in [2.45, 2.75) is 31.8 Å². The molecule has 1 amide bonds. The van der Waals surface area contributed by atoms with Gasteiger partial charge in [0.2, 0.25) is 0 Å². The molecule has 5 aromatic rings. The monoisotopic (exact) mass is 490 g/mol. The first kappa shape index (κ1) is 23.0. The number of likely N-dealkylation sites (tertiary alicyclic amines) is 1. The van der Waals surface area contributed by atoms with E-state index < -0.39 is 0 Å². The molecule has 1 aliphatic rings. The van der Waals surface area contributed by atoms with Crippen LogP contribution in [0, 0.1) is 0 Å². The zero-order valence-corrected chi connectivity index (χ0v) is 20.7. The number of rotatable bonds is 7. The molecular weight excluding hydrogens is 460 g/mol. The van der Waals surface area contributed by atoms with E-state index in [9.17, 15) is 4.79 Å². The number of amides is 1. The lowest BCUT2D eigenvalue weighted by Gasteiger charge is -2.32. The smallest absolute Gasteiger partial charge is 0.255 e. The van der Waals surface area contributed by atoms with Gasteiger partial charge in [0.1, 0.15) is 11.6 Å². The lowest BCUT2D eigenvalue weighted by molar-refractivity contribution is 0.0710. The Morgan fingerprint density at radius 1 is 0.757 bits per heavy atom. The number of para-hydroxylation sites is 1. The van der Waals surface area contributed by atoms with Gasteiger partial charge in [-0.05, 0) is 42.7 Å². The molecule has 1 saturated heterocycles. The second-order valence-corrected chi connectivity index (χ2v) is 9.54. The van der Waals surface area contributed by atoms with E-state index in [4.69, 9.17) is 4.98 Å². The minimum atomic E-state index is 0.0917. The van der Waals surface area contributed by atoms with Crippen molar-refractivity contribution in [3.05, 3.63) is 127 Å². The van der Waals surface area contributed by atoms with Gasteiger partial charge in [-0.3, -0.25) is 4.79 Å². The maximum atomic E-state index is 13.5. The summed E-state index contributed by atoms with van der Waals surface area (Å²) in [4.78, 5) is 24.8. The number of carbonyl (C=O) groups is 1. The van der Waals surface area contributed by atoms with Gasteiger partial charge in [-0.1, -0.05) is 42.5 Å². The van der Waals surface area contributed by atoms with Crippen LogP contribution in [0.25, 0.3) is 5.69 Å². The summed E-state index contributed by atoms with van der Waals surface area (Å²) >= 11 is 0. The number of hydrogen-bond acceptors (Lipinski definition) is 3. The highest BCUT2D eigenvalue weighted by molar-refractivity contribution is 5.97. The predicted octanol–water partition coefficient (Wildman–Crippen LogP) is 4.99. The summed E-state index contributed by atoms with van der Waals surface area (Å²) in [6.45, 7) is 2.92. The maximum Gasteiger partial charge on any atom is 0.255 e. The van der Waals surface area contributed by atoms with Crippen LogP contribution in [0.5, 0.6) is 0 Å². The van der Waals surface area contributed by atoms with E-state index in [-0.39, 0.29) is 5.91 Å². The molecule has 0 spiro atoms. The number of hydrogen-bond donors (Lipinski definition) is 0. The summed E-state index contributed by atoms with van der Waals surface area (Å²) < 4.78 is 6.41. The molecule has 0 aliphatic carbocycles. The van der Waals surface area contributed by atoms with Crippen LogP contribution in [0.15, 0.2) is 104 Å². The van der Waals surface area contributed by atoms with Crippen LogP contribution in [0.2, 0.25) is 0 Å². The molecule has 4 heterocycles. The van der Waals surface area contributed by atoms with Crippen molar-refractivity contribution in [1.82, 2.24) is 28.6 Å². The zero-order valence-electron chi connectivity index (χ0n) is 20.7. The highest BCUT2D eigenvalue weighted by Crippen LogP contribution is 2.29. The van der Waals surface area contributed by atoms with Crippen LogP contribution in [0.3, 0.4) is 0 Å². The second-order valence-electron chi connectivity index (χ2n) is 9.54. The summed E-state index contributed by atoms with van der Waals surface area (Å²) in [5.41, 5.74) is 2.91. The molecule has 0 atom stereocenters. The molecule has 0 unspecified atom stereocenters. The van der Waals surface area contributed by atoms with Crippen molar-refractivity contribution in [3.8, 4) is 5.69 Å². The first-order valence-corrected chi connectivity index (χ1v) is 12.8. The first-order valence-electron chi connectivity index (χ1n) is 12.8. The van der Waals surface area contributed by atoms with Gasteiger partial charge in [0.25, 0.3) is 5.91 Å². The predicted molar refractivity (Wildman–Crippen MR) is 143 cm³/mol. The second kappa shape index (κ2) is 10.3. The Morgan fingerprint density at radius 3 is 2.27 bits per heavy atom. The fourth-order valence-electron chi connectivity index (χ4n) is 5.27. The summed E-state index contributed by atoms with van der Waals surface area (Å²) in [6.07, 6.45) is 13.6. The van der Waals surface area contributed by atoms with Gasteiger partial charge in [0.15, 0.2) is 0 Å². The topological polar surface area (TPSA) is 60.9 Å². The molecule has 0 N–H and O–H groups in total. The molecule has 7 heteroatoms. The Balaban J connectivity index is 1.13. The van der Waals surface area contributed by atoms with Gasteiger partial charge in [-0.2, -0.15) is 0 Å². The Bertz CT molecular complexity index is 1460. The van der Waals surface area contributed by atoms with Crippen LogP contribution in [0.4, 0.5) is 0 Å². The van der Waals surface area contributed by atoms with Crippen molar-refractivity contribution < 1.29 is 4.79 Å². The zero-order chi connectivity index (χ0) is 25.0. The standard InChI is InChI=1S/C30H30N6O/c37-30(26-10-4-5-11-27(26)33-16-6-7-17-33)34-18-12-25(13-19-34)29-32-15-21-36(29)23-28-31-14-20-35(28)22-24-8-2-1-3-9-24/h1-11,14-17,20-21,25H,12-13,18-19,22-23H2. The average Bonchev–Trinajstić information content (AvgIpc) is 3.73. The van der Waals surface area contributed by atoms with Gasteiger partial charge in [0, 0.05) is 62.7 Å². The van der Waals surface area contributed by atoms with Crippen LogP contribution < -0.4 is 0 Å². The van der Waals surface area contributed by atoms with E-state index in [2.05, 4.69) is 38.4 Å². The number of carbonyl (C=O) groups excluding carboxylic acids is 1. The molecule has 2 aromatic carbocycles. The van der Waals surface area contributed by atoms with Crippen molar-refractivity contribution in [2.75, 3.05) is 13.1 Å². The fourth-order valence-corrected chi connectivity index (χ4v) is 5.27. The Hall–Kier alpha value is -4.39. The highest BCUT2D eigenvalue weighted by Gasteiger charge is 2.28. The Kier molecular flexibility index (Phi) is 6.42. The van der Waals surface area contributed by atoms with Crippen molar-refractivity contribution >= 4 is 5.91 Å². The van der Waals surface area contributed by atoms with Crippen LogP contribution in [0.1, 0.15) is 46.3 Å². The van der Waals surface area contributed by atoms with Gasteiger partial charge in [-0.25, -0.2) is 9.97 Å². The third-order valence-corrected chi connectivity index (χ3v) is 7.22. The SMILES string of the molecule is O=C(c1ccccc1-n1cccc1)N1CCC(c2nccn2Cc2nccn2Cc2ccccc2)CC1. The molecule has 7 nitrogen and oxygen atoms in total. The minimum Gasteiger partial charge on any atom is -0.339 e. The normalized spacial score (nSPS) is 14.2. The van der Waals surface area contributed by atoms with E-state index in [0.717, 1.165) is 55.4 Å². The fraction of sp³-hybridized carbons (Fsp3) is 0.233. The number of aromatic nitrogens is 5. The number of piperidine rings is 1. The lowest BCUT2D eigenvalue weighted by Crippen LogP contribution is -2.38. The van der Waals surface area contributed by atoms with E-state index >= 15 is 0 Å². The summed E-state index contributed by atoms with van der Waals surface area (Å²) in [7, 11) is 0. The molecule has 0 bridgehead atoms. The number of nitrogens with zero attached hydrogens (tertiary/aromatic N) is 6. The summed E-state index contributed by atoms with van der Waals surface area (Å²) in [6, 6.07) is 22.2. The molecule has 1 aliphatic heterocycles. The van der Waals surface area contributed by atoms with E-state index in [1.165, 1.54) is 5.56 Å². The average molecular weight is 491 g/mol.